The molecule has 0 unspecified atom stereocenters. The first kappa shape index (κ1) is 18.2. The molecule has 6 nitrogen and oxygen atoms in total. The number of aromatic nitrogens is 1. The maximum atomic E-state index is 12.8. The summed E-state index contributed by atoms with van der Waals surface area (Å²) in [6.07, 6.45) is 1.76. The predicted octanol–water partition coefficient (Wildman–Crippen LogP) is 3.11. The molecule has 0 spiro atoms. The van der Waals surface area contributed by atoms with Gasteiger partial charge in [-0.25, -0.2) is 4.79 Å². The average Bonchev–Trinajstić information content (AvgIpc) is 3.06. The highest BCUT2D eigenvalue weighted by Crippen LogP contribution is 2.32. The number of nitrogens with zero attached hydrogens (tertiary/aromatic N) is 2. The molecule has 8 heteroatoms. The van der Waals surface area contributed by atoms with E-state index in [0.29, 0.717) is 15.0 Å². The van der Waals surface area contributed by atoms with Gasteiger partial charge in [0.15, 0.2) is 10.9 Å². The molecule has 1 amide bonds. The third-order valence-electron chi connectivity index (χ3n) is 3.75. The molecule has 0 aliphatic carbocycles. The van der Waals surface area contributed by atoms with E-state index in [0.717, 1.165) is 17.0 Å². The van der Waals surface area contributed by atoms with Crippen LogP contribution in [0.4, 0.5) is 0 Å². The van der Waals surface area contributed by atoms with Gasteiger partial charge in [0, 0.05) is 11.4 Å². The zero-order chi connectivity index (χ0) is 18.8. The number of aliphatic carboxylic acids is 1. The van der Waals surface area contributed by atoms with E-state index < -0.39 is 12.6 Å². The third kappa shape index (κ3) is 3.66. The van der Waals surface area contributed by atoms with Crippen molar-refractivity contribution in [2.45, 2.75) is 13.8 Å². The number of ether oxygens (including phenoxy) is 1. The van der Waals surface area contributed by atoms with Crippen LogP contribution >= 0.6 is 24.0 Å². The molecule has 0 bridgehead atoms. The lowest BCUT2D eigenvalue weighted by Gasteiger charge is -2.20. The maximum Gasteiger partial charge on any atom is 0.341 e. The Morgan fingerprint density at radius 3 is 2.38 bits per heavy atom. The van der Waals surface area contributed by atoms with E-state index in [9.17, 15) is 9.59 Å². The molecule has 0 radical (unpaired) electrons. The average molecular weight is 388 g/mol. The molecule has 1 aromatic heterocycles. The highest BCUT2D eigenvalue weighted by atomic mass is 32.2. The minimum atomic E-state index is -1.03. The number of hydrogen-bond donors (Lipinski definition) is 1. The summed E-state index contributed by atoms with van der Waals surface area (Å²) < 4.78 is 7.38. The summed E-state index contributed by atoms with van der Waals surface area (Å²) in [5, 5.41) is 10.1. The summed E-state index contributed by atoms with van der Waals surface area (Å²) in [6, 6.07) is 10.7. The quantitative estimate of drug-likeness (QED) is 0.627. The minimum absolute atomic E-state index is 0.173. The Morgan fingerprint density at radius 1 is 1.19 bits per heavy atom. The van der Waals surface area contributed by atoms with Gasteiger partial charge < -0.3 is 9.84 Å². The van der Waals surface area contributed by atoms with E-state index in [-0.39, 0.29) is 5.91 Å². The van der Waals surface area contributed by atoms with E-state index in [4.69, 9.17) is 22.1 Å². The summed E-state index contributed by atoms with van der Waals surface area (Å²) in [5.74, 6) is -0.752. The lowest BCUT2D eigenvalue weighted by molar-refractivity contribution is -0.139. The van der Waals surface area contributed by atoms with Crippen molar-refractivity contribution in [1.29, 1.82) is 0 Å². The highest BCUT2D eigenvalue weighted by molar-refractivity contribution is 8.27. The first-order valence-electron chi connectivity index (χ1n) is 7.74. The van der Waals surface area contributed by atoms with Crippen LogP contribution in [0, 0.1) is 13.8 Å². The van der Waals surface area contributed by atoms with Crippen molar-refractivity contribution in [3.05, 3.63) is 58.3 Å². The molecule has 1 N–H and O–H groups in total. The second-order valence-corrected chi connectivity index (χ2v) is 7.35. The van der Waals surface area contributed by atoms with Crippen molar-refractivity contribution >= 4 is 46.3 Å². The zero-order valence-electron chi connectivity index (χ0n) is 14.1. The van der Waals surface area contributed by atoms with E-state index in [2.05, 4.69) is 0 Å². The first-order valence-corrected chi connectivity index (χ1v) is 8.97. The smallest absolute Gasteiger partial charge is 0.341 e. The topological polar surface area (TPSA) is 71.8 Å². The number of carboxylic acid groups (broad SMARTS) is 1. The molecule has 1 aliphatic rings. The number of benzene rings is 1. The Hall–Kier alpha value is -2.58. The molecule has 134 valence electrons. The van der Waals surface area contributed by atoms with Gasteiger partial charge in [0.1, 0.15) is 5.75 Å². The fraction of sp³-hybridized carbons (Fsp3) is 0.167. The van der Waals surface area contributed by atoms with Crippen LogP contribution in [0.3, 0.4) is 0 Å². The van der Waals surface area contributed by atoms with Crippen LogP contribution < -0.4 is 9.75 Å². The summed E-state index contributed by atoms with van der Waals surface area (Å²) in [7, 11) is 0. The van der Waals surface area contributed by atoms with Gasteiger partial charge >= 0.3 is 5.97 Å². The minimum Gasteiger partial charge on any atom is -0.482 e. The number of carbonyl (C=O) groups excluding carboxylic acids is 1. The molecule has 3 rings (SSSR count). The highest BCUT2D eigenvalue weighted by Gasteiger charge is 2.34. The van der Waals surface area contributed by atoms with Gasteiger partial charge in [0.2, 0.25) is 0 Å². The zero-order valence-corrected chi connectivity index (χ0v) is 15.8. The Morgan fingerprint density at radius 2 is 1.81 bits per heavy atom. The molecule has 2 aromatic rings. The number of carbonyl (C=O) groups is 2. The van der Waals surface area contributed by atoms with Crippen LogP contribution in [0.25, 0.3) is 6.08 Å². The van der Waals surface area contributed by atoms with Gasteiger partial charge in [-0.1, -0.05) is 23.9 Å². The van der Waals surface area contributed by atoms with Crippen LogP contribution in [0.2, 0.25) is 0 Å². The molecule has 26 heavy (non-hydrogen) atoms. The summed E-state index contributed by atoms with van der Waals surface area (Å²) in [5.41, 5.74) is 2.66. The Labute approximate surface area is 160 Å². The van der Waals surface area contributed by atoms with Gasteiger partial charge in [-0.3, -0.25) is 9.47 Å². The van der Waals surface area contributed by atoms with E-state index >= 15 is 0 Å². The number of thioether (sulfide) groups is 1. The van der Waals surface area contributed by atoms with Gasteiger partial charge in [0.05, 0.1) is 4.91 Å². The Balaban J connectivity index is 1.81. The van der Waals surface area contributed by atoms with E-state index in [1.165, 1.54) is 16.8 Å². The second kappa shape index (κ2) is 7.35. The van der Waals surface area contributed by atoms with Crippen molar-refractivity contribution in [1.82, 2.24) is 4.68 Å². The van der Waals surface area contributed by atoms with Crippen LogP contribution in [0.5, 0.6) is 5.75 Å². The van der Waals surface area contributed by atoms with Gasteiger partial charge in [-0.2, -0.15) is 5.01 Å². The first-order chi connectivity index (χ1) is 12.4. The summed E-state index contributed by atoms with van der Waals surface area (Å²) >= 11 is 6.64. The van der Waals surface area contributed by atoms with Crippen molar-refractivity contribution in [3.8, 4) is 5.75 Å². The fourth-order valence-corrected chi connectivity index (χ4v) is 3.81. The normalized spacial score (nSPS) is 15.8. The number of carboxylic acids is 1. The fourth-order valence-electron chi connectivity index (χ4n) is 2.56. The number of aryl methyl sites for hydroxylation is 2. The molecule has 1 aliphatic heterocycles. The molecule has 1 saturated heterocycles. The molecule has 0 atom stereocenters. The lowest BCUT2D eigenvalue weighted by atomic mass is 10.2. The van der Waals surface area contributed by atoms with Crippen LogP contribution in [-0.2, 0) is 9.59 Å². The molecular formula is C18H16N2O4S2. The summed E-state index contributed by atoms with van der Waals surface area (Å²) in [4.78, 5) is 23.9. The van der Waals surface area contributed by atoms with Crippen molar-refractivity contribution in [2.24, 2.45) is 0 Å². The second-order valence-electron chi connectivity index (χ2n) is 5.67. The van der Waals surface area contributed by atoms with Crippen molar-refractivity contribution in [3.63, 3.8) is 0 Å². The van der Waals surface area contributed by atoms with Crippen molar-refractivity contribution in [2.75, 3.05) is 11.6 Å². The van der Waals surface area contributed by atoms with E-state index in [1.54, 1.807) is 35.0 Å². The molecule has 0 saturated carbocycles. The van der Waals surface area contributed by atoms with E-state index in [1.807, 2.05) is 26.0 Å². The Kier molecular flexibility index (Phi) is 5.15. The van der Waals surface area contributed by atoms with Crippen LogP contribution in [0.15, 0.2) is 41.3 Å². The molecular weight excluding hydrogens is 372 g/mol. The van der Waals surface area contributed by atoms with Gasteiger partial charge in [0.25, 0.3) is 5.91 Å². The largest absolute Gasteiger partial charge is 0.482 e. The predicted molar refractivity (Wildman–Crippen MR) is 105 cm³/mol. The van der Waals surface area contributed by atoms with Gasteiger partial charge in [-0.05, 0) is 62.0 Å². The molecule has 1 fully saturated rings. The SMILES string of the molecule is Cc1ccc(C)n1N1C(=O)/C(=C\c2ccc(OCC(=O)O)cc2)SC1=S. The Bertz CT molecular complexity index is 896. The van der Waals surface area contributed by atoms with Crippen LogP contribution in [0.1, 0.15) is 17.0 Å². The van der Waals surface area contributed by atoms with Gasteiger partial charge in [-0.15, -0.1) is 0 Å². The number of rotatable bonds is 5. The van der Waals surface area contributed by atoms with Crippen LogP contribution in [-0.4, -0.2) is 32.6 Å². The lowest BCUT2D eigenvalue weighted by Crippen LogP contribution is -2.39. The summed E-state index contributed by atoms with van der Waals surface area (Å²) in [6.45, 7) is 3.45. The number of hydrogen-bond acceptors (Lipinski definition) is 5. The third-order valence-corrected chi connectivity index (χ3v) is 5.03. The molecule has 2 heterocycles. The van der Waals surface area contributed by atoms with Crippen molar-refractivity contribution < 1.29 is 19.4 Å². The maximum absolute atomic E-state index is 12.8. The number of amides is 1. The molecule has 1 aromatic carbocycles. The standard InChI is InChI=1S/C18H16N2O4S2/c1-11-3-4-12(2)19(11)20-17(23)15(26-18(20)25)9-13-5-7-14(8-6-13)24-10-16(21)22/h3-9H,10H2,1-2H3,(H,21,22)/b15-9+. The monoisotopic (exact) mass is 388 g/mol. The number of thiocarbonyl (C=S) groups is 1.